The van der Waals surface area contributed by atoms with E-state index in [4.69, 9.17) is 0 Å². The number of benzene rings is 1. The highest BCUT2D eigenvalue weighted by atomic mass is 16.1. The number of carbonyl (C=O) groups excluding carboxylic acids is 1. The molecule has 3 aromatic heterocycles. The van der Waals surface area contributed by atoms with Crippen molar-refractivity contribution in [3.05, 3.63) is 70.4 Å². The first-order valence-electron chi connectivity index (χ1n) is 9.11. The molecule has 0 bridgehead atoms. The molecule has 1 amide bonds. The Morgan fingerprint density at radius 1 is 1.04 bits per heavy atom. The molecule has 4 rings (SSSR count). The smallest absolute Gasteiger partial charge is 0.261 e. The summed E-state index contributed by atoms with van der Waals surface area (Å²) in [5.41, 5.74) is 7.23. The number of nitrogens with zero attached hydrogens (tertiary/aromatic N) is 5. The number of hydrogen-bond acceptors (Lipinski definition) is 4. The number of hydrogen-bond donors (Lipinski definition) is 1. The molecule has 0 atom stereocenters. The van der Waals surface area contributed by atoms with Gasteiger partial charge in [0.1, 0.15) is 5.56 Å². The Labute approximate surface area is 163 Å². The van der Waals surface area contributed by atoms with Crippen LogP contribution < -0.4 is 5.32 Å². The minimum absolute atomic E-state index is 0.248. The zero-order valence-electron chi connectivity index (χ0n) is 16.6. The summed E-state index contributed by atoms with van der Waals surface area (Å²) in [5.74, 6) is -0.248. The van der Waals surface area contributed by atoms with Crippen LogP contribution >= 0.6 is 0 Å². The van der Waals surface area contributed by atoms with Crippen LogP contribution in [0, 0.1) is 34.6 Å². The predicted molar refractivity (Wildman–Crippen MR) is 108 cm³/mol. The Kier molecular flexibility index (Phi) is 4.22. The highest BCUT2D eigenvalue weighted by molar-refractivity contribution is 6.08. The molecule has 0 aliphatic carbocycles. The van der Waals surface area contributed by atoms with Gasteiger partial charge in [-0.15, -0.1) is 0 Å². The van der Waals surface area contributed by atoms with Crippen molar-refractivity contribution >= 4 is 17.2 Å². The summed E-state index contributed by atoms with van der Waals surface area (Å²) in [7, 11) is 0. The third-order valence-corrected chi connectivity index (χ3v) is 4.83. The zero-order valence-corrected chi connectivity index (χ0v) is 16.6. The van der Waals surface area contributed by atoms with Crippen LogP contribution in [0.1, 0.15) is 38.7 Å². The minimum atomic E-state index is -0.248. The van der Waals surface area contributed by atoms with Gasteiger partial charge in [-0.25, -0.2) is 14.2 Å². The number of anilines is 1. The predicted octanol–water partition coefficient (Wildman–Crippen LogP) is 3.71. The fraction of sp³-hybridized carbons (Fsp3) is 0.238. The monoisotopic (exact) mass is 374 g/mol. The lowest BCUT2D eigenvalue weighted by Crippen LogP contribution is -2.13. The minimum Gasteiger partial charge on any atom is -0.319 e. The van der Waals surface area contributed by atoms with Crippen molar-refractivity contribution in [2.24, 2.45) is 0 Å². The molecule has 0 radical (unpaired) electrons. The molecule has 7 heteroatoms. The van der Waals surface area contributed by atoms with Crippen molar-refractivity contribution in [1.29, 1.82) is 0 Å². The fourth-order valence-corrected chi connectivity index (χ4v) is 3.37. The number of fused-ring (bicyclic) bond motifs is 1. The van der Waals surface area contributed by atoms with E-state index >= 15 is 0 Å². The van der Waals surface area contributed by atoms with E-state index in [-0.39, 0.29) is 5.91 Å². The van der Waals surface area contributed by atoms with Crippen LogP contribution in [0.25, 0.3) is 11.3 Å². The maximum Gasteiger partial charge on any atom is 0.261 e. The van der Waals surface area contributed by atoms with Gasteiger partial charge in [0.15, 0.2) is 5.65 Å². The van der Waals surface area contributed by atoms with Crippen molar-refractivity contribution in [2.75, 3.05) is 5.32 Å². The third kappa shape index (κ3) is 2.94. The first-order chi connectivity index (χ1) is 13.3. The molecule has 3 heterocycles. The number of amides is 1. The van der Waals surface area contributed by atoms with Crippen molar-refractivity contribution in [1.82, 2.24) is 24.4 Å². The van der Waals surface area contributed by atoms with Gasteiger partial charge >= 0.3 is 0 Å². The molecule has 0 aliphatic rings. The van der Waals surface area contributed by atoms with E-state index in [0.717, 1.165) is 28.5 Å². The molecule has 0 spiro atoms. The first-order valence-corrected chi connectivity index (χ1v) is 9.11. The number of aromatic nitrogens is 5. The average molecular weight is 374 g/mol. The molecule has 0 saturated carbocycles. The van der Waals surface area contributed by atoms with Crippen molar-refractivity contribution in [3.63, 3.8) is 0 Å². The lowest BCUT2D eigenvalue weighted by Gasteiger charge is -2.07. The Morgan fingerprint density at radius 3 is 2.46 bits per heavy atom. The van der Waals surface area contributed by atoms with Gasteiger partial charge in [-0.1, -0.05) is 17.7 Å². The number of aryl methyl sites for hydroxylation is 4. The second kappa shape index (κ2) is 6.60. The average Bonchev–Trinajstić information content (AvgIpc) is 3.19. The molecule has 7 nitrogen and oxygen atoms in total. The molecular formula is C21H22N6O. The summed E-state index contributed by atoms with van der Waals surface area (Å²) in [6.45, 7) is 9.72. The molecule has 142 valence electrons. The van der Waals surface area contributed by atoms with Gasteiger partial charge in [-0.3, -0.25) is 4.79 Å². The lowest BCUT2D eigenvalue weighted by molar-refractivity contribution is 0.102. The fourth-order valence-electron chi connectivity index (χ4n) is 3.37. The summed E-state index contributed by atoms with van der Waals surface area (Å²) in [6, 6.07) is 10.0. The number of carbonyl (C=O) groups is 1. The summed E-state index contributed by atoms with van der Waals surface area (Å²) in [5, 5.41) is 11.9. The van der Waals surface area contributed by atoms with Gasteiger partial charge in [0, 0.05) is 11.4 Å². The largest absolute Gasteiger partial charge is 0.319 e. The first kappa shape index (κ1) is 17.9. The van der Waals surface area contributed by atoms with E-state index < -0.39 is 0 Å². The summed E-state index contributed by atoms with van der Waals surface area (Å²) < 4.78 is 3.52. The third-order valence-electron chi connectivity index (χ3n) is 4.83. The van der Waals surface area contributed by atoms with E-state index in [1.807, 2.05) is 69.6 Å². The standard InChI is InChI=1S/C21H22N6O/c1-12-6-8-17(9-7-12)27-16(5)19(15(4)25-27)24-21(28)18-11-22-26-14(3)10-13(2)23-20(18)26/h6-11H,1-5H3,(H,24,28). The highest BCUT2D eigenvalue weighted by Crippen LogP contribution is 2.24. The molecule has 1 aromatic carbocycles. The highest BCUT2D eigenvalue weighted by Gasteiger charge is 2.20. The maximum absolute atomic E-state index is 13.0. The van der Waals surface area contributed by atoms with Crippen LogP contribution in [0.2, 0.25) is 0 Å². The summed E-state index contributed by atoms with van der Waals surface area (Å²) in [4.78, 5) is 17.4. The second-order valence-corrected chi connectivity index (χ2v) is 7.08. The SMILES string of the molecule is Cc1ccc(-n2nc(C)c(NC(=O)c3cnn4c(C)cc(C)nc34)c2C)cc1. The summed E-state index contributed by atoms with van der Waals surface area (Å²) >= 11 is 0. The van der Waals surface area contributed by atoms with Gasteiger partial charge in [0.2, 0.25) is 0 Å². The normalized spacial score (nSPS) is 11.2. The van der Waals surface area contributed by atoms with Gasteiger partial charge in [-0.05, 0) is 52.8 Å². The Hall–Kier alpha value is -3.48. The number of rotatable bonds is 3. The molecule has 4 aromatic rings. The van der Waals surface area contributed by atoms with Gasteiger partial charge in [0.25, 0.3) is 5.91 Å². The van der Waals surface area contributed by atoms with E-state index in [2.05, 4.69) is 20.5 Å². The lowest BCUT2D eigenvalue weighted by atomic mass is 10.2. The molecule has 0 aliphatic heterocycles. The van der Waals surface area contributed by atoms with E-state index in [9.17, 15) is 4.79 Å². The Balaban J connectivity index is 1.70. The van der Waals surface area contributed by atoms with Crippen molar-refractivity contribution < 1.29 is 4.79 Å². The molecule has 28 heavy (non-hydrogen) atoms. The van der Waals surface area contributed by atoms with Crippen molar-refractivity contribution in [3.8, 4) is 5.69 Å². The molecule has 0 unspecified atom stereocenters. The van der Waals surface area contributed by atoms with Gasteiger partial charge < -0.3 is 5.32 Å². The maximum atomic E-state index is 13.0. The van der Waals surface area contributed by atoms with Crippen LogP contribution in [-0.4, -0.2) is 30.3 Å². The topological polar surface area (TPSA) is 77.1 Å². The molecule has 0 fully saturated rings. The van der Waals surface area contributed by atoms with E-state index in [0.29, 0.717) is 16.9 Å². The quantitative estimate of drug-likeness (QED) is 0.593. The molecular weight excluding hydrogens is 352 g/mol. The van der Waals surface area contributed by atoms with Crippen molar-refractivity contribution in [2.45, 2.75) is 34.6 Å². The second-order valence-electron chi connectivity index (χ2n) is 7.08. The van der Waals surface area contributed by atoms with E-state index in [1.165, 1.54) is 5.56 Å². The molecule has 1 N–H and O–H groups in total. The van der Waals surface area contributed by atoms with Crippen LogP contribution in [0.5, 0.6) is 0 Å². The van der Waals surface area contributed by atoms with Crippen LogP contribution in [0.15, 0.2) is 36.5 Å². The van der Waals surface area contributed by atoms with Crippen LogP contribution in [0.4, 0.5) is 5.69 Å². The summed E-state index contributed by atoms with van der Waals surface area (Å²) in [6.07, 6.45) is 1.55. The zero-order chi connectivity index (χ0) is 20.0. The van der Waals surface area contributed by atoms with Crippen LogP contribution in [-0.2, 0) is 0 Å². The van der Waals surface area contributed by atoms with Gasteiger partial charge in [0.05, 0.1) is 29.0 Å². The Bertz CT molecular complexity index is 1200. The molecule has 0 saturated heterocycles. The Morgan fingerprint density at radius 2 is 1.75 bits per heavy atom. The van der Waals surface area contributed by atoms with Gasteiger partial charge in [-0.2, -0.15) is 10.2 Å². The van der Waals surface area contributed by atoms with E-state index in [1.54, 1.807) is 10.7 Å². The number of nitrogens with one attached hydrogen (secondary N) is 1. The van der Waals surface area contributed by atoms with Crippen LogP contribution in [0.3, 0.4) is 0 Å².